The third-order valence-electron chi connectivity index (χ3n) is 5.40. The van der Waals surface area contributed by atoms with Gasteiger partial charge in [0, 0.05) is 30.8 Å². The van der Waals surface area contributed by atoms with E-state index in [2.05, 4.69) is 4.98 Å². The van der Waals surface area contributed by atoms with Gasteiger partial charge in [0.15, 0.2) is 0 Å². The van der Waals surface area contributed by atoms with Crippen LogP contribution in [-0.4, -0.2) is 51.5 Å². The molecule has 4 rings (SSSR count). The summed E-state index contributed by atoms with van der Waals surface area (Å²) >= 11 is 0. The maximum absolute atomic E-state index is 12.2. The van der Waals surface area contributed by atoms with E-state index in [0.29, 0.717) is 18.8 Å². The molecule has 2 atom stereocenters. The maximum atomic E-state index is 12.2. The monoisotopic (exact) mass is 394 g/mol. The van der Waals surface area contributed by atoms with Crippen LogP contribution in [0.4, 0.5) is 4.79 Å². The van der Waals surface area contributed by atoms with Crippen LogP contribution < -0.4 is 4.72 Å². The first-order valence-corrected chi connectivity index (χ1v) is 10.4. The van der Waals surface area contributed by atoms with Crippen LogP contribution in [0.2, 0.25) is 0 Å². The third-order valence-corrected chi connectivity index (χ3v) is 6.85. The summed E-state index contributed by atoms with van der Waals surface area (Å²) in [5, 5.41) is 19.9. The van der Waals surface area contributed by atoms with E-state index < -0.39 is 22.4 Å². The summed E-state index contributed by atoms with van der Waals surface area (Å²) in [5.41, 5.74) is 2.74. The molecule has 146 valence electrons. The fourth-order valence-electron chi connectivity index (χ4n) is 3.96. The third kappa shape index (κ3) is 3.52. The van der Waals surface area contributed by atoms with Gasteiger partial charge >= 0.3 is 16.3 Å². The van der Waals surface area contributed by atoms with Crippen molar-refractivity contribution in [1.29, 1.82) is 0 Å². The molecular weight excluding hydrogens is 372 g/mol. The van der Waals surface area contributed by atoms with E-state index in [-0.39, 0.29) is 19.0 Å². The van der Waals surface area contributed by atoms with Crippen LogP contribution >= 0.6 is 0 Å². The average molecular weight is 394 g/mol. The SMILES string of the molecule is O=C(O)NS(=O)(=O)N1CCCC(C(O)c2c(C3CC3)ccn3cncc23)C1. The van der Waals surface area contributed by atoms with Gasteiger partial charge in [-0.3, -0.25) is 0 Å². The lowest BCUT2D eigenvalue weighted by atomic mass is 9.86. The molecule has 2 fully saturated rings. The van der Waals surface area contributed by atoms with E-state index in [9.17, 15) is 18.3 Å². The van der Waals surface area contributed by atoms with Gasteiger partial charge in [-0.2, -0.15) is 12.7 Å². The van der Waals surface area contributed by atoms with Crippen molar-refractivity contribution in [1.82, 2.24) is 18.4 Å². The molecule has 0 aromatic carbocycles. The van der Waals surface area contributed by atoms with E-state index in [1.807, 2.05) is 16.7 Å². The molecule has 10 heteroatoms. The Morgan fingerprint density at radius 2 is 2.11 bits per heavy atom. The number of aromatic nitrogens is 2. The van der Waals surface area contributed by atoms with Crippen molar-refractivity contribution in [2.24, 2.45) is 5.92 Å². The number of carbonyl (C=O) groups is 1. The normalized spacial score (nSPS) is 22.6. The number of amides is 1. The summed E-state index contributed by atoms with van der Waals surface area (Å²) in [6, 6.07) is 2.01. The Hall–Kier alpha value is -2.17. The number of aliphatic hydroxyl groups excluding tert-OH is 1. The molecule has 2 aliphatic rings. The van der Waals surface area contributed by atoms with Gasteiger partial charge in [0.05, 0.1) is 24.1 Å². The number of rotatable bonds is 5. The zero-order chi connectivity index (χ0) is 19.2. The number of pyridine rings is 1. The molecule has 9 nitrogen and oxygen atoms in total. The number of carboxylic acid groups (broad SMARTS) is 1. The van der Waals surface area contributed by atoms with Crippen molar-refractivity contribution in [3.63, 3.8) is 0 Å². The average Bonchev–Trinajstić information content (AvgIpc) is 3.36. The lowest BCUT2D eigenvalue weighted by Crippen LogP contribution is -2.48. The minimum Gasteiger partial charge on any atom is -0.464 e. The Kier molecular flexibility index (Phi) is 4.57. The van der Waals surface area contributed by atoms with Gasteiger partial charge in [-0.25, -0.2) is 14.5 Å². The second-order valence-corrected chi connectivity index (χ2v) is 8.93. The molecule has 3 N–H and O–H groups in total. The molecule has 2 unspecified atom stereocenters. The lowest BCUT2D eigenvalue weighted by Gasteiger charge is -2.34. The Labute approximate surface area is 156 Å². The van der Waals surface area contributed by atoms with Crippen LogP contribution in [-0.2, 0) is 10.2 Å². The van der Waals surface area contributed by atoms with Gasteiger partial charge in [-0.15, -0.1) is 0 Å². The minimum absolute atomic E-state index is 0.0725. The predicted molar refractivity (Wildman–Crippen MR) is 96.5 cm³/mol. The molecule has 1 saturated carbocycles. The first-order chi connectivity index (χ1) is 12.9. The van der Waals surface area contributed by atoms with Crippen LogP contribution in [0.15, 0.2) is 24.8 Å². The number of nitrogens with zero attached hydrogens (tertiary/aromatic N) is 3. The molecule has 1 aliphatic carbocycles. The molecule has 0 radical (unpaired) electrons. The van der Waals surface area contributed by atoms with Crippen molar-refractivity contribution < 1.29 is 23.4 Å². The molecule has 1 aliphatic heterocycles. The number of aliphatic hydroxyl groups is 1. The Balaban J connectivity index is 1.64. The van der Waals surface area contributed by atoms with Crippen molar-refractivity contribution in [2.45, 2.75) is 37.7 Å². The molecule has 2 aromatic rings. The number of imidazole rings is 1. The van der Waals surface area contributed by atoms with Crippen molar-refractivity contribution in [3.05, 3.63) is 35.9 Å². The quantitative estimate of drug-likeness (QED) is 0.705. The zero-order valence-corrected chi connectivity index (χ0v) is 15.5. The Morgan fingerprint density at radius 3 is 2.81 bits per heavy atom. The van der Waals surface area contributed by atoms with E-state index in [0.717, 1.165) is 33.8 Å². The smallest absolute Gasteiger partial charge is 0.419 e. The second kappa shape index (κ2) is 6.77. The highest BCUT2D eigenvalue weighted by Gasteiger charge is 2.37. The van der Waals surface area contributed by atoms with Gasteiger partial charge in [0.25, 0.3) is 0 Å². The molecule has 3 heterocycles. The highest BCUT2D eigenvalue weighted by atomic mass is 32.2. The van der Waals surface area contributed by atoms with Crippen LogP contribution in [0.5, 0.6) is 0 Å². The predicted octanol–water partition coefficient (Wildman–Crippen LogP) is 1.47. The number of piperidine rings is 1. The van der Waals surface area contributed by atoms with Gasteiger partial charge < -0.3 is 14.6 Å². The fourth-order valence-corrected chi connectivity index (χ4v) is 5.07. The number of hydrogen-bond acceptors (Lipinski definition) is 5. The topological polar surface area (TPSA) is 124 Å². The van der Waals surface area contributed by atoms with Crippen molar-refractivity contribution in [3.8, 4) is 0 Å². The van der Waals surface area contributed by atoms with E-state index >= 15 is 0 Å². The molecule has 0 bridgehead atoms. The number of nitrogens with one attached hydrogen (secondary N) is 1. The Morgan fingerprint density at radius 1 is 1.33 bits per heavy atom. The number of fused-ring (bicyclic) bond motifs is 1. The number of hydrogen-bond donors (Lipinski definition) is 3. The minimum atomic E-state index is -4.12. The largest absolute Gasteiger partial charge is 0.464 e. The van der Waals surface area contributed by atoms with E-state index in [1.165, 1.54) is 0 Å². The molecule has 0 spiro atoms. The van der Waals surface area contributed by atoms with Crippen LogP contribution in [0, 0.1) is 5.92 Å². The van der Waals surface area contributed by atoms with E-state index in [4.69, 9.17) is 5.11 Å². The van der Waals surface area contributed by atoms with Gasteiger partial charge in [-0.05, 0) is 43.2 Å². The second-order valence-electron chi connectivity index (χ2n) is 7.26. The van der Waals surface area contributed by atoms with Crippen molar-refractivity contribution >= 4 is 21.8 Å². The highest BCUT2D eigenvalue weighted by Crippen LogP contribution is 2.45. The summed E-state index contributed by atoms with van der Waals surface area (Å²) in [6.07, 6.45) is 6.25. The molecule has 1 amide bonds. The van der Waals surface area contributed by atoms with Crippen LogP contribution in [0.1, 0.15) is 48.8 Å². The van der Waals surface area contributed by atoms with Gasteiger partial charge in [0.2, 0.25) is 0 Å². The van der Waals surface area contributed by atoms with Crippen LogP contribution in [0.3, 0.4) is 0 Å². The molecule has 27 heavy (non-hydrogen) atoms. The summed E-state index contributed by atoms with van der Waals surface area (Å²) in [5.74, 6) is 0.106. The summed E-state index contributed by atoms with van der Waals surface area (Å²) < 4.78 is 28.9. The van der Waals surface area contributed by atoms with Gasteiger partial charge in [0.1, 0.15) is 0 Å². The first-order valence-electron chi connectivity index (χ1n) is 9.00. The summed E-state index contributed by atoms with van der Waals surface area (Å²) in [7, 11) is -4.12. The van der Waals surface area contributed by atoms with Gasteiger partial charge in [-0.1, -0.05) is 0 Å². The van der Waals surface area contributed by atoms with E-state index in [1.54, 1.807) is 17.2 Å². The standard InChI is InChI=1S/C17H22N4O5S/c22-16(12-2-1-6-21(9-12)27(25,26)19-17(23)24)15-13(11-3-4-11)5-7-20-10-18-8-14(15)20/h5,7-8,10-12,16,19,22H,1-4,6,9H2,(H,23,24). The van der Waals surface area contributed by atoms with Crippen LogP contribution in [0.25, 0.3) is 5.52 Å². The summed E-state index contributed by atoms with van der Waals surface area (Å²) in [6.45, 7) is 0.307. The zero-order valence-electron chi connectivity index (χ0n) is 14.7. The Bertz CT molecular complexity index is 969. The molecular formula is C17H22N4O5S. The van der Waals surface area contributed by atoms with Crippen molar-refractivity contribution in [2.75, 3.05) is 13.1 Å². The highest BCUT2D eigenvalue weighted by molar-refractivity contribution is 7.87. The molecule has 2 aromatic heterocycles. The maximum Gasteiger partial charge on any atom is 0.419 e. The summed E-state index contributed by atoms with van der Waals surface area (Å²) in [4.78, 5) is 14.9. The molecule has 1 saturated heterocycles. The fraction of sp³-hybridized carbons (Fsp3) is 0.529. The first kappa shape index (κ1) is 18.2. The lowest BCUT2D eigenvalue weighted by molar-refractivity contribution is 0.0734.